The number of carbonyl (C=O) groups excluding carboxylic acids is 1. The molecule has 0 saturated carbocycles. The van der Waals surface area contributed by atoms with Gasteiger partial charge in [0.1, 0.15) is 0 Å². The number of nitrogens with one attached hydrogen (secondary N) is 1. The molecule has 0 aliphatic carbocycles. The van der Waals surface area contributed by atoms with Crippen LogP contribution in [-0.4, -0.2) is 24.1 Å². The average molecular weight is 409 g/mol. The summed E-state index contributed by atoms with van der Waals surface area (Å²) in [5, 5.41) is 3.68. The second-order valence-corrected chi connectivity index (χ2v) is 7.53. The van der Waals surface area contributed by atoms with E-state index >= 15 is 0 Å². The largest absolute Gasteiger partial charge is 0.434 e. The smallest absolute Gasteiger partial charge is 0.268 e. The van der Waals surface area contributed by atoms with Gasteiger partial charge >= 0.3 is 6.18 Å². The Morgan fingerprint density at radius 1 is 1.04 bits per heavy atom. The molecule has 1 amide bonds. The van der Waals surface area contributed by atoms with Gasteiger partial charge in [-0.05, 0) is 30.7 Å². The SMILES string of the molecule is Cc1ccccc1-n1ncc(C(=O)NS(=O)(=O)c2ccccc2)c1C(F)(F)F. The number of carbonyl (C=O) groups is 1. The Hall–Kier alpha value is -3.14. The Balaban J connectivity index is 2.06. The van der Waals surface area contributed by atoms with E-state index in [1.165, 1.54) is 36.4 Å². The molecule has 0 radical (unpaired) electrons. The van der Waals surface area contributed by atoms with Crippen LogP contribution in [0, 0.1) is 6.92 Å². The van der Waals surface area contributed by atoms with Gasteiger partial charge in [0.05, 0.1) is 22.3 Å². The first kappa shape index (κ1) is 19.6. The van der Waals surface area contributed by atoms with E-state index in [-0.39, 0.29) is 10.6 Å². The van der Waals surface area contributed by atoms with Gasteiger partial charge in [0.2, 0.25) is 0 Å². The van der Waals surface area contributed by atoms with Gasteiger partial charge in [-0.3, -0.25) is 4.79 Å². The first-order chi connectivity index (χ1) is 13.1. The van der Waals surface area contributed by atoms with Gasteiger partial charge in [-0.25, -0.2) is 17.8 Å². The molecule has 10 heteroatoms. The van der Waals surface area contributed by atoms with Crippen LogP contribution in [0.2, 0.25) is 0 Å². The predicted octanol–water partition coefficient (Wildman–Crippen LogP) is 3.32. The molecule has 3 aromatic rings. The lowest BCUT2D eigenvalue weighted by Gasteiger charge is -2.14. The van der Waals surface area contributed by atoms with Gasteiger partial charge in [-0.2, -0.15) is 18.3 Å². The second kappa shape index (κ2) is 7.12. The van der Waals surface area contributed by atoms with Crippen molar-refractivity contribution in [1.29, 1.82) is 0 Å². The molecule has 2 aromatic carbocycles. The highest BCUT2D eigenvalue weighted by molar-refractivity contribution is 7.90. The normalized spacial score (nSPS) is 12.0. The van der Waals surface area contributed by atoms with Crippen molar-refractivity contribution in [2.24, 2.45) is 0 Å². The fourth-order valence-corrected chi connectivity index (χ4v) is 3.59. The Morgan fingerprint density at radius 3 is 2.25 bits per heavy atom. The summed E-state index contributed by atoms with van der Waals surface area (Å²) in [4.78, 5) is 12.1. The van der Waals surface area contributed by atoms with E-state index in [2.05, 4.69) is 5.10 Å². The fraction of sp³-hybridized carbons (Fsp3) is 0.111. The zero-order valence-corrected chi connectivity index (χ0v) is 15.3. The summed E-state index contributed by atoms with van der Waals surface area (Å²) in [7, 11) is -4.34. The maximum absolute atomic E-state index is 13.7. The Labute approximate surface area is 158 Å². The Kier molecular flexibility index (Phi) is 4.99. The molecule has 1 heterocycles. The summed E-state index contributed by atoms with van der Waals surface area (Å²) in [6, 6.07) is 13.0. The molecule has 146 valence electrons. The third-order valence-corrected chi connectivity index (χ3v) is 5.25. The number of hydrogen-bond donors (Lipinski definition) is 1. The molecule has 1 aromatic heterocycles. The number of nitrogens with zero attached hydrogens (tertiary/aromatic N) is 2. The van der Waals surface area contributed by atoms with Gasteiger partial charge in [0.15, 0.2) is 5.69 Å². The number of sulfonamides is 1. The number of halogens is 3. The van der Waals surface area contributed by atoms with Crippen LogP contribution in [0.4, 0.5) is 13.2 Å². The molecule has 0 fully saturated rings. The summed E-state index contributed by atoms with van der Waals surface area (Å²) in [5.74, 6) is -1.42. The van der Waals surface area contributed by atoms with Crippen molar-refractivity contribution >= 4 is 15.9 Å². The van der Waals surface area contributed by atoms with Crippen molar-refractivity contribution in [3.8, 4) is 5.69 Å². The van der Waals surface area contributed by atoms with E-state index in [4.69, 9.17) is 0 Å². The van der Waals surface area contributed by atoms with Crippen LogP contribution < -0.4 is 4.72 Å². The highest BCUT2D eigenvalue weighted by Gasteiger charge is 2.41. The number of aromatic nitrogens is 2. The minimum Gasteiger partial charge on any atom is -0.268 e. The van der Waals surface area contributed by atoms with E-state index in [1.807, 2.05) is 0 Å². The molecule has 0 unspecified atom stereocenters. The van der Waals surface area contributed by atoms with Gasteiger partial charge < -0.3 is 0 Å². The molecule has 0 saturated heterocycles. The molecule has 3 rings (SSSR count). The van der Waals surface area contributed by atoms with E-state index in [0.29, 0.717) is 16.4 Å². The van der Waals surface area contributed by atoms with E-state index < -0.39 is 33.4 Å². The van der Waals surface area contributed by atoms with Crippen LogP contribution in [0.5, 0.6) is 0 Å². The van der Waals surface area contributed by atoms with Gasteiger partial charge in [-0.1, -0.05) is 36.4 Å². The maximum atomic E-state index is 13.7. The van der Waals surface area contributed by atoms with Crippen molar-refractivity contribution < 1.29 is 26.4 Å². The summed E-state index contributed by atoms with van der Waals surface area (Å²) < 4.78 is 67.8. The molecule has 6 nitrogen and oxygen atoms in total. The third kappa shape index (κ3) is 3.77. The van der Waals surface area contributed by atoms with Gasteiger partial charge in [-0.15, -0.1) is 0 Å². The quantitative estimate of drug-likeness (QED) is 0.717. The van der Waals surface area contributed by atoms with E-state index in [0.717, 1.165) is 0 Å². The van der Waals surface area contributed by atoms with Crippen LogP contribution in [0.1, 0.15) is 21.6 Å². The number of aryl methyl sites for hydroxylation is 1. The van der Waals surface area contributed by atoms with Gasteiger partial charge in [0, 0.05) is 0 Å². The topological polar surface area (TPSA) is 81.1 Å². The Morgan fingerprint density at radius 2 is 1.64 bits per heavy atom. The zero-order valence-electron chi connectivity index (χ0n) is 14.4. The van der Waals surface area contributed by atoms with Crippen molar-refractivity contribution in [3.05, 3.63) is 77.6 Å². The molecule has 28 heavy (non-hydrogen) atoms. The lowest BCUT2D eigenvalue weighted by molar-refractivity contribution is -0.143. The first-order valence-electron chi connectivity index (χ1n) is 7.94. The van der Waals surface area contributed by atoms with Crippen molar-refractivity contribution in [1.82, 2.24) is 14.5 Å². The molecular formula is C18H14F3N3O3S. The van der Waals surface area contributed by atoms with Crippen LogP contribution in [0.15, 0.2) is 65.7 Å². The lowest BCUT2D eigenvalue weighted by atomic mass is 10.2. The second-order valence-electron chi connectivity index (χ2n) is 5.85. The lowest BCUT2D eigenvalue weighted by Crippen LogP contribution is -2.32. The average Bonchev–Trinajstić information content (AvgIpc) is 3.08. The summed E-state index contributed by atoms with van der Waals surface area (Å²) in [6.45, 7) is 1.59. The first-order valence-corrected chi connectivity index (χ1v) is 9.43. The summed E-state index contributed by atoms with van der Waals surface area (Å²) in [5.41, 5.74) is -1.63. The molecule has 0 spiro atoms. The fourth-order valence-electron chi connectivity index (χ4n) is 2.61. The maximum Gasteiger partial charge on any atom is 0.434 e. The molecule has 1 N–H and O–H groups in total. The monoisotopic (exact) mass is 409 g/mol. The standard InChI is InChI=1S/C18H14F3N3O3S/c1-12-7-5-6-10-15(12)24-16(18(19,20)21)14(11-22-24)17(25)23-28(26,27)13-8-3-2-4-9-13/h2-11H,1H3,(H,23,25). The molecule has 0 aliphatic rings. The highest BCUT2D eigenvalue weighted by Crippen LogP contribution is 2.34. The number of alkyl halides is 3. The van der Waals surface area contributed by atoms with Gasteiger partial charge in [0.25, 0.3) is 15.9 Å². The number of hydrogen-bond acceptors (Lipinski definition) is 4. The van der Waals surface area contributed by atoms with Crippen molar-refractivity contribution in [2.75, 3.05) is 0 Å². The number of amides is 1. The summed E-state index contributed by atoms with van der Waals surface area (Å²) in [6.07, 6.45) is -4.24. The molecular weight excluding hydrogens is 395 g/mol. The van der Waals surface area contributed by atoms with Crippen molar-refractivity contribution in [3.63, 3.8) is 0 Å². The minimum absolute atomic E-state index is 0.125. The summed E-state index contributed by atoms with van der Waals surface area (Å²) >= 11 is 0. The number of para-hydroxylation sites is 1. The van der Waals surface area contributed by atoms with Crippen molar-refractivity contribution in [2.45, 2.75) is 18.0 Å². The number of rotatable bonds is 4. The van der Waals surface area contributed by atoms with Crippen LogP contribution in [0.3, 0.4) is 0 Å². The van der Waals surface area contributed by atoms with Crippen LogP contribution >= 0.6 is 0 Å². The molecule has 0 bridgehead atoms. The molecule has 0 aliphatic heterocycles. The predicted molar refractivity (Wildman–Crippen MR) is 94.4 cm³/mol. The zero-order chi connectivity index (χ0) is 20.5. The Bertz CT molecular complexity index is 1120. The minimum atomic E-state index is -4.94. The highest BCUT2D eigenvalue weighted by atomic mass is 32.2. The van der Waals surface area contributed by atoms with E-state index in [1.54, 1.807) is 29.8 Å². The van der Waals surface area contributed by atoms with Crippen LogP contribution in [0.25, 0.3) is 5.69 Å². The number of benzene rings is 2. The van der Waals surface area contributed by atoms with E-state index in [9.17, 15) is 26.4 Å². The molecule has 0 atom stereocenters. The van der Waals surface area contributed by atoms with Crippen LogP contribution in [-0.2, 0) is 16.2 Å². The third-order valence-electron chi connectivity index (χ3n) is 3.91.